The van der Waals surface area contributed by atoms with Gasteiger partial charge in [0.2, 0.25) is 11.7 Å². The van der Waals surface area contributed by atoms with E-state index in [1.165, 1.54) is 4.90 Å². The van der Waals surface area contributed by atoms with Crippen LogP contribution in [0.2, 0.25) is 0 Å². The van der Waals surface area contributed by atoms with Crippen LogP contribution in [-0.2, 0) is 9.53 Å². The van der Waals surface area contributed by atoms with E-state index >= 15 is 0 Å². The summed E-state index contributed by atoms with van der Waals surface area (Å²) in [6, 6.07) is 2.76. The van der Waals surface area contributed by atoms with Gasteiger partial charge >= 0.3 is 0 Å². The number of nitrogens with one attached hydrogen (secondary N) is 2. The molecule has 11 heteroatoms. The second-order valence-electron chi connectivity index (χ2n) is 5.28. The number of ether oxygens (including phenoxy) is 1. The van der Waals surface area contributed by atoms with Crippen molar-refractivity contribution in [3.63, 3.8) is 0 Å². The van der Waals surface area contributed by atoms with Gasteiger partial charge in [-0.3, -0.25) is 9.59 Å². The number of rotatable bonds is 4. The molecule has 0 spiro atoms. The molecule has 25 heavy (non-hydrogen) atoms. The van der Waals surface area contributed by atoms with Gasteiger partial charge in [-0.25, -0.2) is 8.78 Å². The summed E-state index contributed by atoms with van der Waals surface area (Å²) in [7, 11) is 0. The number of halogens is 2. The summed E-state index contributed by atoms with van der Waals surface area (Å²) in [5.74, 6) is -2.85. The first-order valence-electron chi connectivity index (χ1n) is 7.40. The standard InChI is InChI=1S/C14H14F2N6O3/c15-9-2-1-8(5-10(9)16)14(24)17-6-12(23)22-3-4-25-11(7-22)13-18-20-21-19-13/h1-2,5,11H,3-4,6-7H2,(H,17,24)(H,18,19,20,21). The quantitative estimate of drug-likeness (QED) is 0.788. The molecule has 0 radical (unpaired) electrons. The van der Waals surface area contributed by atoms with Gasteiger partial charge in [0, 0.05) is 12.1 Å². The number of nitrogens with zero attached hydrogens (tertiary/aromatic N) is 4. The van der Waals surface area contributed by atoms with E-state index in [0.717, 1.165) is 18.2 Å². The van der Waals surface area contributed by atoms with Crippen LogP contribution in [-0.4, -0.2) is 63.6 Å². The smallest absolute Gasteiger partial charge is 0.251 e. The Morgan fingerprint density at radius 1 is 1.36 bits per heavy atom. The number of aromatic nitrogens is 4. The average Bonchev–Trinajstić information content (AvgIpc) is 3.16. The molecule has 1 saturated heterocycles. The first-order chi connectivity index (χ1) is 12.0. The van der Waals surface area contributed by atoms with E-state index in [9.17, 15) is 18.4 Å². The third-order valence-electron chi connectivity index (χ3n) is 3.65. The number of benzene rings is 1. The highest BCUT2D eigenvalue weighted by Crippen LogP contribution is 2.17. The van der Waals surface area contributed by atoms with Gasteiger partial charge in [0.05, 0.1) is 19.7 Å². The first kappa shape index (κ1) is 16.9. The van der Waals surface area contributed by atoms with E-state index in [1.807, 2.05) is 0 Å². The SMILES string of the molecule is O=C(NCC(=O)N1CCOC(c2nn[nH]n2)C1)c1ccc(F)c(F)c1. The molecule has 1 aromatic carbocycles. The van der Waals surface area contributed by atoms with Gasteiger partial charge in [-0.2, -0.15) is 5.21 Å². The summed E-state index contributed by atoms with van der Waals surface area (Å²) in [5.41, 5.74) is -0.0710. The lowest BCUT2D eigenvalue weighted by Crippen LogP contribution is -2.46. The molecule has 9 nitrogen and oxygen atoms in total. The molecule has 0 saturated carbocycles. The highest BCUT2D eigenvalue weighted by molar-refractivity contribution is 5.96. The van der Waals surface area contributed by atoms with E-state index in [2.05, 4.69) is 25.9 Å². The van der Waals surface area contributed by atoms with Crippen molar-refractivity contribution in [3.05, 3.63) is 41.2 Å². The minimum Gasteiger partial charge on any atom is -0.366 e. The molecule has 1 aliphatic rings. The van der Waals surface area contributed by atoms with Crippen LogP contribution in [0.15, 0.2) is 18.2 Å². The maximum atomic E-state index is 13.1. The molecule has 1 atom stereocenters. The number of amides is 2. The van der Waals surface area contributed by atoms with Crippen LogP contribution in [0, 0.1) is 11.6 Å². The van der Waals surface area contributed by atoms with Crippen molar-refractivity contribution in [1.82, 2.24) is 30.8 Å². The number of aromatic amines is 1. The first-order valence-corrected chi connectivity index (χ1v) is 7.40. The Hall–Kier alpha value is -2.95. The summed E-state index contributed by atoms with van der Waals surface area (Å²) in [5, 5.41) is 15.8. The summed E-state index contributed by atoms with van der Waals surface area (Å²) in [6.45, 7) is 0.590. The van der Waals surface area contributed by atoms with Gasteiger partial charge < -0.3 is 15.0 Å². The Morgan fingerprint density at radius 3 is 2.92 bits per heavy atom. The van der Waals surface area contributed by atoms with Crippen molar-refractivity contribution >= 4 is 11.8 Å². The third kappa shape index (κ3) is 3.94. The Morgan fingerprint density at radius 2 is 2.20 bits per heavy atom. The molecular formula is C14H14F2N6O3. The fourth-order valence-corrected chi connectivity index (χ4v) is 2.35. The van der Waals surface area contributed by atoms with Gasteiger partial charge in [-0.15, -0.1) is 10.2 Å². The Bertz CT molecular complexity index is 770. The molecule has 1 aromatic heterocycles. The monoisotopic (exact) mass is 352 g/mol. The van der Waals surface area contributed by atoms with Crippen molar-refractivity contribution in [2.24, 2.45) is 0 Å². The van der Waals surface area contributed by atoms with Crippen LogP contribution in [0.3, 0.4) is 0 Å². The van der Waals surface area contributed by atoms with E-state index in [-0.39, 0.29) is 24.6 Å². The summed E-state index contributed by atoms with van der Waals surface area (Å²) >= 11 is 0. The molecule has 1 aliphatic heterocycles. The Kier molecular flexibility index (Phi) is 4.93. The van der Waals surface area contributed by atoms with E-state index in [1.54, 1.807) is 0 Å². The normalized spacial score (nSPS) is 17.4. The predicted molar refractivity (Wildman–Crippen MR) is 78.1 cm³/mol. The van der Waals surface area contributed by atoms with Crippen molar-refractivity contribution in [3.8, 4) is 0 Å². The van der Waals surface area contributed by atoms with Gasteiger partial charge in [-0.05, 0) is 18.2 Å². The highest BCUT2D eigenvalue weighted by atomic mass is 19.2. The number of tetrazole rings is 1. The molecule has 132 valence electrons. The van der Waals surface area contributed by atoms with Crippen LogP contribution in [0.25, 0.3) is 0 Å². The van der Waals surface area contributed by atoms with Gasteiger partial charge in [0.1, 0.15) is 6.10 Å². The number of carbonyl (C=O) groups is 2. The van der Waals surface area contributed by atoms with Gasteiger partial charge in [0.25, 0.3) is 5.91 Å². The summed E-state index contributed by atoms with van der Waals surface area (Å²) in [6.07, 6.45) is -0.502. The molecule has 2 heterocycles. The molecular weight excluding hydrogens is 338 g/mol. The van der Waals surface area contributed by atoms with Crippen LogP contribution >= 0.6 is 0 Å². The molecule has 0 aliphatic carbocycles. The maximum absolute atomic E-state index is 13.1. The number of hydrogen-bond acceptors (Lipinski definition) is 6. The summed E-state index contributed by atoms with van der Waals surface area (Å²) < 4.78 is 31.5. The van der Waals surface area contributed by atoms with Crippen LogP contribution in [0.5, 0.6) is 0 Å². The Labute approximate surface area is 140 Å². The zero-order chi connectivity index (χ0) is 17.8. The van der Waals surface area contributed by atoms with E-state index in [4.69, 9.17) is 4.74 Å². The minimum atomic E-state index is -1.13. The fourth-order valence-electron chi connectivity index (χ4n) is 2.35. The second-order valence-corrected chi connectivity index (χ2v) is 5.28. The van der Waals surface area contributed by atoms with Crippen molar-refractivity contribution < 1.29 is 23.1 Å². The topological polar surface area (TPSA) is 113 Å². The average molecular weight is 352 g/mol. The third-order valence-corrected chi connectivity index (χ3v) is 3.65. The number of H-pyrrole nitrogens is 1. The minimum absolute atomic E-state index is 0.0710. The number of hydrogen-bond donors (Lipinski definition) is 2. The van der Waals surface area contributed by atoms with Gasteiger partial charge in [0.15, 0.2) is 11.6 Å². The zero-order valence-electron chi connectivity index (χ0n) is 12.9. The summed E-state index contributed by atoms with van der Waals surface area (Å²) in [4.78, 5) is 25.6. The van der Waals surface area contributed by atoms with Crippen molar-refractivity contribution in [2.75, 3.05) is 26.2 Å². The van der Waals surface area contributed by atoms with Crippen molar-refractivity contribution in [1.29, 1.82) is 0 Å². The molecule has 2 N–H and O–H groups in total. The van der Waals surface area contributed by atoms with Crippen molar-refractivity contribution in [2.45, 2.75) is 6.10 Å². The highest BCUT2D eigenvalue weighted by Gasteiger charge is 2.28. The molecule has 1 unspecified atom stereocenters. The molecule has 0 bridgehead atoms. The predicted octanol–water partition coefficient (Wildman–Crippen LogP) is -0.192. The van der Waals surface area contributed by atoms with Gasteiger partial charge in [-0.1, -0.05) is 5.21 Å². The Balaban J connectivity index is 1.55. The zero-order valence-corrected chi connectivity index (χ0v) is 12.9. The lowest BCUT2D eigenvalue weighted by molar-refractivity contribution is -0.138. The number of carbonyl (C=O) groups excluding carboxylic acids is 2. The molecule has 1 fully saturated rings. The van der Waals surface area contributed by atoms with Crippen LogP contribution in [0.1, 0.15) is 22.3 Å². The largest absolute Gasteiger partial charge is 0.366 e. The maximum Gasteiger partial charge on any atom is 0.251 e. The lowest BCUT2D eigenvalue weighted by atomic mass is 10.2. The second kappa shape index (κ2) is 7.30. The van der Waals surface area contributed by atoms with Crippen LogP contribution in [0.4, 0.5) is 8.78 Å². The van der Waals surface area contributed by atoms with E-state index < -0.39 is 23.6 Å². The number of morpholine rings is 1. The molecule has 3 rings (SSSR count). The lowest BCUT2D eigenvalue weighted by Gasteiger charge is -2.31. The fraction of sp³-hybridized carbons (Fsp3) is 0.357. The van der Waals surface area contributed by atoms with E-state index in [0.29, 0.717) is 19.0 Å². The van der Waals surface area contributed by atoms with Crippen LogP contribution < -0.4 is 5.32 Å². The molecule has 2 amide bonds. The molecule has 2 aromatic rings.